The van der Waals surface area contributed by atoms with Crippen molar-refractivity contribution in [2.75, 3.05) is 10.6 Å². The number of nitrogens with zero attached hydrogens (tertiary/aromatic N) is 4. The van der Waals surface area contributed by atoms with E-state index in [0.29, 0.717) is 11.4 Å². The summed E-state index contributed by atoms with van der Waals surface area (Å²) in [5.74, 6) is -4.86. The molecule has 2 unspecified atom stereocenters. The van der Waals surface area contributed by atoms with Crippen LogP contribution in [0.3, 0.4) is 0 Å². The normalized spacial score (nSPS) is 23.4. The van der Waals surface area contributed by atoms with Gasteiger partial charge in [-0.15, -0.1) is 0 Å². The average Bonchev–Trinajstić information content (AvgIpc) is 3.22. The molecule has 2 aromatic rings. The van der Waals surface area contributed by atoms with E-state index in [9.17, 15) is 30.6 Å². The maximum atomic E-state index is 13.6. The lowest BCUT2D eigenvalue weighted by Gasteiger charge is -2.44. The van der Waals surface area contributed by atoms with Crippen molar-refractivity contribution in [1.29, 1.82) is 21.0 Å². The molecule has 8 heteroatoms. The molecular weight excluding hydrogens is 380 g/mol. The number of carbonyl (C=O) groups is 2. The molecular formula is C22H12N6O2. The molecule has 0 aromatic heterocycles. The summed E-state index contributed by atoms with van der Waals surface area (Å²) in [5, 5.41) is 44.8. The van der Waals surface area contributed by atoms with Crippen LogP contribution in [0.1, 0.15) is 11.1 Å². The Labute approximate surface area is 171 Å². The maximum absolute atomic E-state index is 13.6. The molecule has 0 radical (unpaired) electrons. The Morgan fingerprint density at radius 1 is 0.633 bits per heavy atom. The predicted octanol–water partition coefficient (Wildman–Crippen LogP) is 2.09. The molecule has 2 amide bonds. The lowest BCUT2D eigenvalue weighted by atomic mass is 9.49. The predicted molar refractivity (Wildman–Crippen MR) is 103 cm³/mol. The molecule has 4 rings (SSSR count). The van der Waals surface area contributed by atoms with Gasteiger partial charge in [0.25, 0.3) is 0 Å². The van der Waals surface area contributed by atoms with Crippen molar-refractivity contribution in [3.05, 3.63) is 59.7 Å². The molecule has 8 nitrogen and oxygen atoms in total. The molecule has 2 N–H and O–H groups in total. The zero-order valence-corrected chi connectivity index (χ0v) is 15.4. The zero-order chi connectivity index (χ0) is 21.5. The van der Waals surface area contributed by atoms with E-state index in [2.05, 4.69) is 10.6 Å². The summed E-state index contributed by atoms with van der Waals surface area (Å²) in [7, 11) is 0. The molecule has 0 spiro atoms. The molecule has 2 atom stereocenters. The quantitative estimate of drug-likeness (QED) is 0.815. The van der Waals surface area contributed by atoms with Crippen LogP contribution in [-0.4, -0.2) is 11.8 Å². The van der Waals surface area contributed by atoms with Crippen molar-refractivity contribution in [3.63, 3.8) is 0 Å². The summed E-state index contributed by atoms with van der Waals surface area (Å²) in [6, 6.07) is 20.1. The van der Waals surface area contributed by atoms with Crippen LogP contribution >= 0.6 is 0 Å². The van der Waals surface area contributed by atoms with Gasteiger partial charge in [0.1, 0.15) is 10.8 Å². The van der Waals surface area contributed by atoms with Crippen LogP contribution in [0.2, 0.25) is 0 Å². The third-order valence-corrected chi connectivity index (χ3v) is 5.92. The van der Waals surface area contributed by atoms with Crippen LogP contribution < -0.4 is 10.6 Å². The number of hydrogen-bond donors (Lipinski definition) is 2. The first-order chi connectivity index (χ1) is 14.5. The number of nitrogens with one attached hydrogen (secondary N) is 2. The van der Waals surface area contributed by atoms with Gasteiger partial charge < -0.3 is 10.6 Å². The number of benzene rings is 2. The summed E-state index contributed by atoms with van der Waals surface area (Å²) in [5.41, 5.74) is -3.12. The van der Waals surface area contributed by atoms with Gasteiger partial charge in [-0.2, -0.15) is 21.0 Å². The molecule has 0 aliphatic carbocycles. The number of fused-ring (bicyclic) bond motifs is 2. The molecule has 30 heavy (non-hydrogen) atoms. The molecule has 2 aromatic carbocycles. The zero-order valence-electron chi connectivity index (χ0n) is 15.4. The summed E-state index contributed by atoms with van der Waals surface area (Å²) in [6.07, 6.45) is 0. The van der Waals surface area contributed by atoms with Gasteiger partial charge in [-0.1, -0.05) is 36.4 Å². The first kappa shape index (κ1) is 18.7. The highest BCUT2D eigenvalue weighted by molar-refractivity contribution is 6.18. The maximum Gasteiger partial charge on any atom is 0.239 e. The number of rotatable bonds is 3. The molecule has 2 heterocycles. The van der Waals surface area contributed by atoms with Gasteiger partial charge in [-0.3, -0.25) is 9.59 Å². The van der Waals surface area contributed by atoms with E-state index in [1.807, 2.05) is 24.3 Å². The second kappa shape index (κ2) is 6.45. The van der Waals surface area contributed by atoms with Gasteiger partial charge in [0.2, 0.25) is 11.8 Å². The lowest BCUT2D eigenvalue weighted by Crippen LogP contribution is -2.63. The number of anilines is 2. The Hall–Kier alpha value is -4.66. The van der Waals surface area contributed by atoms with Crippen molar-refractivity contribution in [2.24, 2.45) is 11.8 Å². The summed E-state index contributed by atoms with van der Waals surface area (Å²) >= 11 is 0. The van der Waals surface area contributed by atoms with Crippen molar-refractivity contribution in [2.45, 2.75) is 10.8 Å². The van der Waals surface area contributed by atoms with Crippen molar-refractivity contribution in [3.8, 4) is 24.3 Å². The second-order valence-corrected chi connectivity index (χ2v) is 7.00. The number of para-hydroxylation sites is 2. The van der Waals surface area contributed by atoms with E-state index in [0.717, 1.165) is 0 Å². The van der Waals surface area contributed by atoms with Crippen molar-refractivity contribution < 1.29 is 9.59 Å². The Morgan fingerprint density at radius 2 is 0.967 bits per heavy atom. The molecule has 2 aliphatic heterocycles. The molecule has 2 aliphatic rings. The minimum absolute atomic E-state index is 0.227. The van der Waals surface area contributed by atoms with Gasteiger partial charge in [-0.05, 0) is 23.3 Å². The first-order valence-corrected chi connectivity index (χ1v) is 8.94. The summed E-state index contributed by atoms with van der Waals surface area (Å²) in [6.45, 7) is 0. The number of nitriles is 4. The van der Waals surface area contributed by atoms with E-state index in [1.54, 1.807) is 36.4 Å². The van der Waals surface area contributed by atoms with Gasteiger partial charge in [-0.25, -0.2) is 0 Å². The van der Waals surface area contributed by atoms with Gasteiger partial charge in [0, 0.05) is 11.4 Å². The van der Waals surface area contributed by atoms with E-state index in [4.69, 9.17) is 0 Å². The number of hydrogen-bond acceptors (Lipinski definition) is 6. The fourth-order valence-electron chi connectivity index (χ4n) is 4.81. The highest BCUT2D eigenvalue weighted by atomic mass is 16.2. The Kier molecular flexibility index (Phi) is 4.02. The topological polar surface area (TPSA) is 153 Å². The smallest absolute Gasteiger partial charge is 0.239 e. The summed E-state index contributed by atoms with van der Waals surface area (Å²) < 4.78 is 0. The van der Waals surface area contributed by atoms with E-state index in [-0.39, 0.29) is 11.1 Å². The third kappa shape index (κ3) is 1.90. The fourth-order valence-corrected chi connectivity index (χ4v) is 4.81. The minimum atomic E-state index is -2.11. The lowest BCUT2D eigenvalue weighted by molar-refractivity contribution is -0.134. The second-order valence-electron chi connectivity index (χ2n) is 7.00. The molecule has 0 fully saturated rings. The molecule has 142 valence electrons. The monoisotopic (exact) mass is 392 g/mol. The SMILES string of the molecule is N#CC(C#N)C1(C2(C(C#N)C#N)C(=O)Nc3ccccc32)C(=O)Nc2ccccc21. The Balaban J connectivity index is 2.26. The average molecular weight is 392 g/mol. The third-order valence-electron chi connectivity index (χ3n) is 5.92. The van der Waals surface area contributed by atoms with Gasteiger partial charge in [0.15, 0.2) is 11.8 Å². The van der Waals surface area contributed by atoms with Crippen LogP contribution in [0.25, 0.3) is 0 Å². The number of carbonyl (C=O) groups excluding carboxylic acids is 2. The van der Waals surface area contributed by atoms with Crippen molar-refractivity contribution in [1.82, 2.24) is 0 Å². The number of amides is 2. The standard InChI is InChI=1S/C22H12N6O2/c23-9-13(10-24)21(15-5-1-3-7-17(15)27-19(21)29)22(14(11-25)12-26)16-6-2-4-8-18(16)28-20(22)30/h1-8,13-14H,(H,27,29)(H,28,30). The Morgan fingerprint density at radius 3 is 1.30 bits per heavy atom. The van der Waals surface area contributed by atoms with Crippen molar-refractivity contribution >= 4 is 23.2 Å². The summed E-state index contributed by atoms with van der Waals surface area (Å²) in [4.78, 5) is 27.2. The van der Waals surface area contributed by atoms with E-state index in [1.165, 1.54) is 12.1 Å². The van der Waals surface area contributed by atoms with Crippen LogP contribution in [0, 0.1) is 57.2 Å². The highest BCUT2D eigenvalue weighted by Gasteiger charge is 2.74. The van der Waals surface area contributed by atoms with Crippen LogP contribution in [0.4, 0.5) is 11.4 Å². The van der Waals surface area contributed by atoms with Gasteiger partial charge >= 0.3 is 0 Å². The molecule has 0 bridgehead atoms. The van der Waals surface area contributed by atoms with E-state index < -0.39 is 34.5 Å². The molecule has 0 saturated carbocycles. The first-order valence-electron chi connectivity index (χ1n) is 8.94. The minimum Gasteiger partial charge on any atom is -0.325 e. The molecule has 0 saturated heterocycles. The Bertz CT molecular complexity index is 1150. The van der Waals surface area contributed by atoms with Crippen LogP contribution in [0.5, 0.6) is 0 Å². The van der Waals surface area contributed by atoms with Gasteiger partial charge in [0.05, 0.1) is 24.3 Å². The van der Waals surface area contributed by atoms with Crippen LogP contribution in [0.15, 0.2) is 48.5 Å². The van der Waals surface area contributed by atoms with Crippen LogP contribution in [-0.2, 0) is 20.4 Å². The largest absolute Gasteiger partial charge is 0.325 e. The highest BCUT2D eigenvalue weighted by Crippen LogP contribution is 2.61. The fraction of sp³-hybridized carbons (Fsp3) is 0.182. The van der Waals surface area contributed by atoms with E-state index >= 15 is 0 Å².